The highest BCUT2D eigenvalue weighted by Gasteiger charge is 2.36. The predicted molar refractivity (Wildman–Crippen MR) is 94.4 cm³/mol. The van der Waals surface area contributed by atoms with Crippen LogP contribution < -0.4 is 5.73 Å². The number of amides is 2. The monoisotopic (exact) mass is 335 g/mol. The maximum atomic E-state index is 13.2. The maximum absolute atomic E-state index is 13.2. The molecule has 1 aliphatic heterocycles. The van der Waals surface area contributed by atoms with Crippen LogP contribution in [0.3, 0.4) is 0 Å². The summed E-state index contributed by atoms with van der Waals surface area (Å²) in [5.41, 5.74) is 5.52. The molecule has 1 atom stereocenters. The molecule has 0 spiro atoms. The lowest BCUT2D eigenvalue weighted by Gasteiger charge is -2.42. The van der Waals surface area contributed by atoms with Crippen LogP contribution in [0.1, 0.15) is 77.0 Å². The number of nitrogens with two attached hydrogens (primary N) is 1. The molecule has 24 heavy (non-hydrogen) atoms. The lowest BCUT2D eigenvalue weighted by Crippen LogP contribution is -2.53. The first kappa shape index (κ1) is 17.7. The summed E-state index contributed by atoms with van der Waals surface area (Å²) in [4.78, 5) is 29.1. The number of primary amides is 1. The van der Waals surface area contributed by atoms with E-state index in [-0.39, 0.29) is 17.9 Å². The molecule has 2 saturated carbocycles. The lowest BCUT2D eigenvalue weighted by molar-refractivity contribution is -0.140. The number of carbonyl (C=O) groups is 2. The Morgan fingerprint density at radius 1 is 0.833 bits per heavy atom. The average Bonchev–Trinajstić information content (AvgIpc) is 3.05. The molecule has 2 amide bonds. The van der Waals surface area contributed by atoms with E-state index in [9.17, 15) is 9.59 Å². The minimum absolute atomic E-state index is 0.238. The Hall–Kier alpha value is -1.10. The van der Waals surface area contributed by atoms with Crippen molar-refractivity contribution < 1.29 is 9.59 Å². The standard InChI is InChI=1S/C19H33N3O2/c20-19(24)17-12-7-13-21(17)14-18(23)22(15-8-3-1-4-9-15)16-10-5-2-6-11-16/h15-17H,1-14H2,(H2,20,24)/t17-/m1/s1. The second-order valence-electron chi connectivity index (χ2n) is 7.92. The molecule has 2 N–H and O–H groups in total. The van der Waals surface area contributed by atoms with Crippen LogP contribution >= 0.6 is 0 Å². The highest BCUT2D eigenvalue weighted by molar-refractivity contribution is 5.83. The van der Waals surface area contributed by atoms with E-state index < -0.39 is 0 Å². The summed E-state index contributed by atoms with van der Waals surface area (Å²) in [6.07, 6.45) is 14.0. The van der Waals surface area contributed by atoms with E-state index in [0.717, 1.165) is 45.1 Å². The van der Waals surface area contributed by atoms with E-state index in [1.54, 1.807) is 0 Å². The molecule has 1 saturated heterocycles. The summed E-state index contributed by atoms with van der Waals surface area (Å²) in [7, 11) is 0. The van der Waals surface area contributed by atoms with Crippen LogP contribution in [-0.2, 0) is 9.59 Å². The first-order valence-electron chi connectivity index (χ1n) is 10.0. The van der Waals surface area contributed by atoms with Gasteiger partial charge in [0.1, 0.15) is 0 Å². The topological polar surface area (TPSA) is 66.6 Å². The number of nitrogens with zero attached hydrogens (tertiary/aromatic N) is 2. The SMILES string of the molecule is NC(=O)[C@H]1CCCN1CC(=O)N(C1CCCCC1)C1CCCCC1. The molecule has 1 heterocycles. The summed E-state index contributed by atoms with van der Waals surface area (Å²) in [6, 6.07) is 0.599. The smallest absolute Gasteiger partial charge is 0.237 e. The molecule has 0 aromatic heterocycles. The minimum Gasteiger partial charge on any atom is -0.368 e. The first-order valence-corrected chi connectivity index (χ1v) is 10.0. The molecule has 0 unspecified atom stereocenters. The van der Waals surface area contributed by atoms with E-state index in [1.165, 1.54) is 38.5 Å². The predicted octanol–water partition coefficient (Wildman–Crippen LogP) is 2.43. The third kappa shape index (κ3) is 4.11. The van der Waals surface area contributed by atoms with Crippen molar-refractivity contribution in [2.24, 2.45) is 5.73 Å². The zero-order chi connectivity index (χ0) is 16.9. The molecule has 2 aliphatic carbocycles. The molecule has 3 aliphatic rings. The first-order chi connectivity index (χ1) is 11.7. The summed E-state index contributed by atoms with van der Waals surface area (Å²) in [6.45, 7) is 1.20. The third-order valence-electron chi connectivity index (χ3n) is 6.25. The number of rotatable bonds is 5. The zero-order valence-electron chi connectivity index (χ0n) is 14.9. The van der Waals surface area contributed by atoms with E-state index in [2.05, 4.69) is 4.90 Å². The van der Waals surface area contributed by atoms with Crippen molar-refractivity contribution >= 4 is 11.8 Å². The van der Waals surface area contributed by atoms with Crippen molar-refractivity contribution in [2.45, 2.75) is 95.2 Å². The van der Waals surface area contributed by atoms with Gasteiger partial charge in [-0.25, -0.2) is 0 Å². The highest BCUT2D eigenvalue weighted by atomic mass is 16.2. The van der Waals surface area contributed by atoms with Crippen molar-refractivity contribution in [2.75, 3.05) is 13.1 Å². The van der Waals surface area contributed by atoms with Gasteiger partial charge in [0.15, 0.2) is 0 Å². The van der Waals surface area contributed by atoms with Gasteiger partial charge in [-0.15, -0.1) is 0 Å². The van der Waals surface area contributed by atoms with Gasteiger partial charge in [-0.1, -0.05) is 38.5 Å². The normalized spacial score (nSPS) is 27.2. The molecule has 3 fully saturated rings. The summed E-state index contributed by atoms with van der Waals surface area (Å²) >= 11 is 0. The molecule has 0 bridgehead atoms. The van der Waals surface area contributed by atoms with Crippen LogP contribution in [0.15, 0.2) is 0 Å². The summed E-state index contributed by atoms with van der Waals surface area (Å²) in [5.74, 6) is -0.0378. The summed E-state index contributed by atoms with van der Waals surface area (Å²) in [5, 5.41) is 0. The fourth-order valence-electron chi connectivity index (χ4n) is 5.02. The highest BCUT2D eigenvalue weighted by Crippen LogP contribution is 2.31. The van der Waals surface area contributed by atoms with E-state index in [4.69, 9.17) is 5.73 Å². The van der Waals surface area contributed by atoms with Gasteiger partial charge in [-0.3, -0.25) is 14.5 Å². The van der Waals surface area contributed by atoms with Crippen molar-refractivity contribution in [1.29, 1.82) is 0 Å². The molecule has 3 rings (SSSR count). The number of carbonyl (C=O) groups excluding carboxylic acids is 2. The molecular formula is C19H33N3O2. The molecule has 136 valence electrons. The van der Waals surface area contributed by atoms with E-state index >= 15 is 0 Å². The van der Waals surface area contributed by atoms with Crippen molar-refractivity contribution in [1.82, 2.24) is 9.80 Å². The van der Waals surface area contributed by atoms with Crippen molar-refractivity contribution in [3.63, 3.8) is 0 Å². The van der Waals surface area contributed by atoms with Crippen LogP contribution in [0, 0.1) is 0 Å². The zero-order valence-corrected chi connectivity index (χ0v) is 14.9. The van der Waals surface area contributed by atoms with Crippen LogP contribution in [0.25, 0.3) is 0 Å². The Balaban J connectivity index is 1.68. The van der Waals surface area contributed by atoms with E-state index in [0.29, 0.717) is 18.6 Å². The van der Waals surface area contributed by atoms with Crippen LogP contribution in [-0.4, -0.2) is 52.8 Å². The fraction of sp³-hybridized carbons (Fsp3) is 0.895. The number of hydrogen-bond acceptors (Lipinski definition) is 3. The second kappa shape index (κ2) is 8.32. The minimum atomic E-state index is -0.276. The Morgan fingerprint density at radius 3 is 1.88 bits per heavy atom. The van der Waals surface area contributed by atoms with Gasteiger partial charge in [0, 0.05) is 12.1 Å². The quantitative estimate of drug-likeness (QED) is 0.839. The second-order valence-corrected chi connectivity index (χ2v) is 7.92. The molecule has 0 aromatic rings. The average molecular weight is 335 g/mol. The van der Waals surface area contributed by atoms with Gasteiger partial charge >= 0.3 is 0 Å². The fourth-order valence-corrected chi connectivity index (χ4v) is 5.02. The van der Waals surface area contributed by atoms with Gasteiger partial charge < -0.3 is 10.6 Å². The molecular weight excluding hydrogens is 302 g/mol. The van der Waals surface area contributed by atoms with Gasteiger partial charge in [-0.2, -0.15) is 0 Å². The Bertz CT molecular complexity index is 424. The molecule has 5 heteroatoms. The Labute approximate surface area is 145 Å². The van der Waals surface area contributed by atoms with Gasteiger partial charge in [0.05, 0.1) is 12.6 Å². The van der Waals surface area contributed by atoms with Gasteiger partial charge in [0.25, 0.3) is 0 Å². The lowest BCUT2D eigenvalue weighted by atomic mass is 9.88. The van der Waals surface area contributed by atoms with Gasteiger partial charge in [-0.05, 0) is 45.1 Å². The van der Waals surface area contributed by atoms with E-state index in [1.807, 2.05) is 4.90 Å². The maximum Gasteiger partial charge on any atom is 0.237 e. The number of likely N-dealkylation sites (tertiary alicyclic amines) is 1. The van der Waals surface area contributed by atoms with Crippen molar-refractivity contribution in [3.05, 3.63) is 0 Å². The molecule has 0 aromatic carbocycles. The largest absolute Gasteiger partial charge is 0.368 e. The number of hydrogen-bond donors (Lipinski definition) is 1. The van der Waals surface area contributed by atoms with Crippen molar-refractivity contribution in [3.8, 4) is 0 Å². The molecule has 5 nitrogen and oxygen atoms in total. The molecule has 0 radical (unpaired) electrons. The van der Waals surface area contributed by atoms with Crippen LogP contribution in [0.5, 0.6) is 0 Å². The Morgan fingerprint density at radius 2 is 1.38 bits per heavy atom. The van der Waals surface area contributed by atoms with Crippen LogP contribution in [0.4, 0.5) is 0 Å². The Kier molecular flexibility index (Phi) is 6.14. The third-order valence-corrected chi connectivity index (χ3v) is 6.25. The van der Waals surface area contributed by atoms with Crippen LogP contribution in [0.2, 0.25) is 0 Å². The summed E-state index contributed by atoms with van der Waals surface area (Å²) < 4.78 is 0. The van der Waals surface area contributed by atoms with Gasteiger partial charge in [0.2, 0.25) is 11.8 Å².